The summed E-state index contributed by atoms with van der Waals surface area (Å²) in [6.07, 6.45) is 2.13. The van der Waals surface area contributed by atoms with Crippen molar-refractivity contribution in [2.75, 3.05) is 25.3 Å². The largest absolute Gasteiger partial charge is 0.495 e. The molecule has 25 heavy (non-hydrogen) atoms. The molecule has 0 spiro atoms. The zero-order valence-corrected chi connectivity index (χ0v) is 15.2. The van der Waals surface area contributed by atoms with Crippen LogP contribution in [0.2, 0.25) is 0 Å². The van der Waals surface area contributed by atoms with Crippen LogP contribution in [-0.2, 0) is 22.7 Å². The number of methoxy groups -OCH3 is 2. The molecule has 1 aromatic carbocycles. The summed E-state index contributed by atoms with van der Waals surface area (Å²) in [5.74, 6) is 1.88. The monoisotopic (exact) mass is 362 g/mol. The number of amides is 1. The Kier molecular flexibility index (Phi) is 7.49. The van der Waals surface area contributed by atoms with Gasteiger partial charge in [-0.3, -0.25) is 4.79 Å². The molecule has 1 heterocycles. The molecule has 0 saturated heterocycles. The predicted molar refractivity (Wildman–Crippen MR) is 97.9 cm³/mol. The standard InChI is InChI=1S/C17H22N4O3S/c1-4-10-21-15(12-23-2)19-20-17(21)25-11-9-16(22)18-13-7-5-6-8-14(13)24-3/h4-8H,1,9-12H2,2-3H3,(H,18,22). The molecule has 0 saturated carbocycles. The van der Waals surface area contributed by atoms with Gasteiger partial charge in [0.05, 0.1) is 12.8 Å². The topological polar surface area (TPSA) is 78.3 Å². The average molecular weight is 362 g/mol. The molecule has 1 aromatic heterocycles. The van der Waals surface area contributed by atoms with E-state index >= 15 is 0 Å². The van der Waals surface area contributed by atoms with Crippen LogP contribution < -0.4 is 10.1 Å². The van der Waals surface area contributed by atoms with E-state index in [4.69, 9.17) is 9.47 Å². The number of aromatic nitrogens is 3. The van der Waals surface area contributed by atoms with Crippen LogP contribution in [0.3, 0.4) is 0 Å². The summed E-state index contributed by atoms with van der Waals surface area (Å²) >= 11 is 1.48. The fourth-order valence-corrected chi connectivity index (χ4v) is 3.07. The lowest BCUT2D eigenvalue weighted by Gasteiger charge is -2.10. The van der Waals surface area contributed by atoms with E-state index in [9.17, 15) is 4.79 Å². The number of para-hydroxylation sites is 2. The Morgan fingerprint density at radius 1 is 1.36 bits per heavy atom. The van der Waals surface area contributed by atoms with Crippen LogP contribution in [0.5, 0.6) is 5.75 Å². The molecule has 2 aromatic rings. The maximum absolute atomic E-state index is 12.1. The lowest BCUT2D eigenvalue weighted by Crippen LogP contribution is -2.13. The van der Waals surface area contributed by atoms with E-state index < -0.39 is 0 Å². The number of rotatable bonds is 10. The van der Waals surface area contributed by atoms with E-state index in [-0.39, 0.29) is 5.91 Å². The van der Waals surface area contributed by atoms with Crippen LogP contribution in [-0.4, -0.2) is 40.6 Å². The van der Waals surface area contributed by atoms with Gasteiger partial charge < -0.3 is 19.4 Å². The number of nitrogens with one attached hydrogen (secondary N) is 1. The number of hydrogen-bond donors (Lipinski definition) is 1. The Hall–Kier alpha value is -2.32. The van der Waals surface area contributed by atoms with Crippen molar-refractivity contribution >= 4 is 23.4 Å². The summed E-state index contributed by atoms with van der Waals surface area (Å²) in [6, 6.07) is 7.32. The smallest absolute Gasteiger partial charge is 0.225 e. The zero-order valence-electron chi connectivity index (χ0n) is 14.4. The Morgan fingerprint density at radius 3 is 2.88 bits per heavy atom. The highest BCUT2D eigenvalue weighted by Crippen LogP contribution is 2.24. The van der Waals surface area contributed by atoms with Gasteiger partial charge in [0.1, 0.15) is 12.4 Å². The van der Waals surface area contributed by atoms with E-state index in [1.54, 1.807) is 26.4 Å². The summed E-state index contributed by atoms with van der Waals surface area (Å²) < 4.78 is 12.3. The minimum Gasteiger partial charge on any atom is -0.495 e. The molecule has 8 heteroatoms. The van der Waals surface area contributed by atoms with E-state index in [1.807, 2.05) is 22.8 Å². The summed E-state index contributed by atoms with van der Waals surface area (Å²) in [4.78, 5) is 12.1. The highest BCUT2D eigenvalue weighted by atomic mass is 32.2. The first kappa shape index (κ1) is 19.0. The highest BCUT2D eigenvalue weighted by molar-refractivity contribution is 7.99. The Labute approximate surface area is 151 Å². The third kappa shape index (κ3) is 5.33. The van der Waals surface area contributed by atoms with Crippen molar-refractivity contribution in [2.45, 2.75) is 24.7 Å². The summed E-state index contributed by atoms with van der Waals surface area (Å²) in [5, 5.41) is 11.9. The molecule has 0 aliphatic heterocycles. The van der Waals surface area contributed by atoms with Gasteiger partial charge in [0.2, 0.25) is 5.91 Å². The van der Waals surface area contributed by atoms with Gasteiger partial charge in [-0.25, -0.2) is 0 Å². The van der Waals surface area contributed by atoms with E-state index in [2.05, 4.69) is 22.1 Å². The van der Waals surface area contributed by atoms with Crippen LogP contribution >= 0.6 is 11.8 Å². The van der Waals surface area contributed by atoms with Crippen LogP contribution in [0.1, 0.15) is 12.2 Å². The number of carbonyl (C=O) groups is 1. The van der Waals surface area contributed by atoms with Crippen LogP contribution in [0.25, 0.3) is 0 Å². The van der Waals surface area contributed by atoms with Crippen molar-refractivity contribution in [3.8, 4) is 5.75 Å². The van der Waals surface area contributed by atoms with Crippen LogP contribution in [0.4, 0.5) is 5.69 Å². The number of nitrogens with zero attached hydrogens (tertiary/aromatic N) is 3. The van der Waals surface area contributed by atoms with Gasteiger partial charge in [-0.15, -0.1) is 16.8 Å². The number of thioether (sulfide) groups is 1. The zero-order chi connectivity index (χ0) is 18.1. The van der Waals surface area contributed by atoms with Crippen molar-refractivity contribution in [2.24, 2.45) is 0 Å². The molecule has 1 amide bonds. The molecule has 0 unspecified atom stereocenters. The molecule has 0 aliphatic rings. The van der Waals surface area contributed by atoms with Gasteiger partial charge in [0, 0.05) is 25.8 Å². The van der Waals surface area contributed by atoms with Crippen molar-refractivity contribution in [1.82, 2.24) is 14.8 Å². The molecule has 2 rings (SSSR count). The third-order valence-electron chi connectivity index (χ3n) is 3.32. The number of carbonyl (C=O) groups excluding carboxylic acids is 1. The minimum absolute atomic E-state index is 0.0797. The maximum Gasteiger partial charge on any atom is 0.225 e. The molecule has 0 aliphatic carbocycles. The molecular weight excluding hydrogens is 340 g/mol. The number of allylic oxidation sites excluding steroid dienone is 1. The molecule has 0 atom stereocenters. The molecule has 0 radical (unpaired) electrons. The first-order valence-electron chi connectivity index (χ1n) is 7.77. The van der Waals surface area contributed by atoms with Gasteiger partial charge in [0.15, 0.2) is 11.0 Å². The molecular formula is C17H22N4O3S. The van der Waals surface area contributed by atoms with Crippen LogP contribution in [0, 0.1) is 0 Å². The number of anilines is 1. The van der Waals surface area contributed by atoms with Crippen molar-refractivity contribution < 1.29 is 14.3 Å². The first-order chi connectivity index (χ1) is 12.2. The second kappa shape index (κ2) is 9.85. The fourth-order valence-electron chi connectivity index (χ4n) is 2.17. The van der Waals surface area contributed by atoms with E-state index in [1.165, 1.54) is 11.8 Å². The summed E-state index contributed by atoms with van der Waals surface area (Å²) in [6.45, 7) is 4.73. The van der Waals surface area contributed by atoms with Gasteiger partial charge in [-0.05, 0) is 12.1 Å². The van der Waals surface area contributed by atoms with Crippen molar-refractivity contribution in [1.29, 1.82) is 0 Å². The van der Waals surface area contributed by atoms with E-state index in [0.29, 0.717) is 36.8 Å². The number of ether oxygens (including phenoxy) is 2. The quantitative estimate of drug-likeness (QED) is 0.517. The number of hydrogen-bond acceptors (Lipinski definition) is 6. The fraction of sp³-hybridized carbons (Fsp3) is 0.353. The highest BCUT2D eigenvalue weighted by Gasteiger charge is 2.13. The van der Waals surface area contributed by atoms with Crippen LogP contribution in [0.15, 0.2) is 42.1 Å². The Balaban J connectivity index is 1.90. The summed E-state index contributed by atoms with van der Waals surface area (Å²) in [5.41, 5.74) is 0.664. The van der Waals surface area contributed by atoms with Gasteiger partial charge in [-0.1, -0.05) is 30.0 Å². The maximum atomic E-state index is 12.1. The Bertz CT molecular complexity index is 718. The SMILES string of the molecule is C=CCn1c(COC)nnc1SCCC(=O)Nc1ccccc1OC. The molecule has 1 N–H and O–H groups in total. The molecule has 134 valence electrons. The predicted octanol–water partition coefficient (Wildman–Crippen LogP) is 2.74. The van der Waals surface area contributed by atoms with Crippen molar-refractivity contribution in [3.05, 3.63) is 42.7 Å². The molecule has 0 fully saturated rings. The average Bonchev–Trinajstić information content (AvgIpc) is 2.98. The lowest BCUT2D eigenvalue weighted by atomic mass is 10.3. The minimum atomic E-state index is -0.0797. The molecule has 0 bridgehead atoms. The third-order valence-corrected chi connectivity index (χ3v) is 4.29. The second-order valence-corrected chi connectivity index (χ2v) is 6.14. The normalized spacial score (nSPS) is 10.5. The van der Waals surface area contributed by atoms with E-state index in [0.717, 1.165) is 11.0 Å². The van der Waals surface area contributed by atoms with Gasteiger partial charge in [-0.2, -0.15) is 0 Å². The second-order valence-electron chi connectivity index (χ2n) is 5.08. The number of benzene rings is 1. The van der Waals surface area contributed by atoms with Gasteiger partial charge >= 0.3 is 0 Å². The van der Waals surface area contributed by atoms with Gasteiger partial charge in [0.25, 0.3) is 0 Å². The Morgan fingerprint density at radius 2 is 2.16 bits per heavy atom. The lowest BCUT2D eigenvalue weighted by molar-refractivity contribution is -0.115. The van der Waals surface area contributed by atoms with Crippen molar-refractivity contribution in [3.63, 3.8) is 0 Å². The summed E-state index contributed by atoms with van der Waals surface area (Å²) in [7, 11) is 3.19. The first-order valence-corrected chi connectivity index (χ1v) is 8.75. The molecule has 7 nitrogen and oxygen atoms in total.